The van der Waals surface area contributed by atoms with E-state index in [2.05, 4.69) is 5.16 Å². The third kappa shape index (κ3) is 5.24. The van der Waals surface area contributed by atoms with E-state index in [0.29, 0.717) is 24.7 Å². The van der Waals surface area contributed by atoms with Gasteiger partial charge in [0.15, 0.2) is 5.60 Å². The lowest BCUT2D eigenvalue weighted by Crippen LogP contribution is -2.37. The molecule has 0 spiro atoms. The Morgan fingerprint density at radius 1 is 1.16 bits per heavy atom. The number of rotatable bonds is 9. The smallest absolute Gasteiger partial charge is 0.347 e. The first-order valence-electron chi connectivity index (χ1n) is 9.58. The number of hydrogen-bond acceptors (Lipinski definition) is 7. The predicted octanol–water partition coefficient (Wildman–Crippen LogP) is 3.75. The van der Waals surface area contributed by atoms with Crippen molar-refractivity contribution >= 4 is 33.2 Å². The lowest BCUT2D eigenvalue weighted by Gasteiger charge is -2.21. The highest BCUT2D eigenvalue weighted by Crippen LogP contribution is 2.23. The highest BCUT2D eigenvalue weighted by atomic mass is 32.1. The van der Waals surface area contributed by atoms with Crippen molar-refractivity contribution in [1.82, 2.24) is 4.57 Å². The fourth-order valence-corrected chi connectivity index (χ4v) is 3.85. The van der Waals surface area contributed by atoms with Gasteiger partial charge in [-0.25, -0.2) is 4.79 Å². The predicted molar refractivity (Wildman–Crippen MR) is 120 cm³/mol. The molecule has 1 heterocycles. The fourth-order valence-electron chi connectivity index (χ4n) is 2.89. The normalized spacial score (nSPS) is 12.1. The summed E-state index contributed by atoms with van der Waals surface area (Å²) in [5.41, 5.74) is 1.15. The molecule has 0 atom stereocenters. The number of fused-ring (bicyclic) bond motifs is 1. The lowest BCUT2D eigenvalue weighted by molar-refractivity contribution is -0.152. The second-order valence-corrected chi connectivity index (χ2v) is 8.29. The van der Waals surface area contributed by atoms with E-state index < -0.39 is 11.6 Å². The minimum atomic E-state index is -1.32. The van der Waals surface area contributed by atoms with Crippen LogP contribution >= 0.6 is 11.3 Å². The number of oxime groups is 1. The number of nitrogens with zero attached hydrogens (tertiary/aromatic N) is 2. The number of thiazole rings is 1. The molecule has 0 saturated carbocycles. The largest absolute Gasteiger partial charge is 0.492 e. The van der Waals surface area contributed by atoms with E-state index in [1.165, 1.54) is 32.3 Å². The number of carboxylic acids is 1. The minimum Gasteiger partial charge on any atom is -0.492 e. The van der Waals surface area contributed by atoms with Gasteiger partial charge in [0.1, 0.15) is 25.2 Å². The summed E-state index contributed by atoms with van der Waals surface area (Å²) in [6.45, 7) is 5.51. The molecule has 1 aromatic heterocycles. The molecule has 1 N–H and O–H groups in total. The number of benzene rings is 2. The molecule has 0 bridgehead atoms. The van der Waals surface area contributed by atoms with Gasteiger partial charge in [0.25, 0.3) is 0 Å². The summed E-state index contributed by atoms with van der Waals surface area (Å²) in [7, 11) is 1.49. The zero-order chi connectivity index (χ0) is 22.6. The fraction of sp³-hybridized carbons (Fsp3) is 0.318. The quantitative estimate of drug-likeness (QED) is 0.399. The minimum absolute atomic E-state index is 0.0586. The second kappa shape index (κ2) is 9.22. The molecule has 0 aliphatic carbocycles. The van der Waals surface area contributed by atoms with Crippen molar-refractivity contribution < 1.29 is 24.2 Å². The Morgan fingerprint density at radius 3 is 2.48 bits per heavy atom. The van der Waals surface area contributed by atoms with E-state index in [4.69, 9.17) is 19.4 Å². The SMILES string of the molecule is CO/N=C(\C)c1ccc2c(c1)sc(=O)n2CCOc1ccc(OC(C)(C)C(=O)O)cc1. The van der Waals surface area contributed by atoms with Crippen LogP contribution < -0.4 is 14.3 Å². The van der Waals surface area contributed by atoms with Gasteiger partial charge < -0.3 is 19.4 Å². The molecule has 0 unspecified atom stereocenters. The van der Waals surface area contributed by atoms with Gasteiger partial charge in [-0.1, -0.05) is 22.6 Å². The first kappa shape index (κ1) is 22.4. The van der Waals surface area contributed by atoms with Crippen molar-refractivity contribution in [1.29, 1.82) is 0 Å². The number of aromatic nitrogens is 1. The molecule has 3 rings (SSSR count). The molecular formula is C22H24N2O6S. The van der Waals surface area contributed by atoms with E-state index in [9.17, 15) is 9.59 Å². The van der Waals surface area contributed by atoms with E-state index in [-0.39, 0.29) is 4.87 Å². The highest BCUT2D eigenvalue weighted by Gasteiger charge is 2.29. The van der Waals surface area contributed by atoms with Gasteiger partial charge in [0, 0.05) is 5.56 Å². The monoisotopic (exact) mass is 444 g/mol. The van der Waals surface area contributed by atoms with Crippen LogP contribution in [0.2, 0.25) is 0 Å². The average molecular weight is 445 g/mol. The van der Waals surface area contributed by atoms with Crippen molar-refractivity contribution in [2.45, 2.75) is 32.9 Å². The van der Waals surface area contributed by atoms with Crippen LogP contribution in [0.3, 0.4) is 0 Å². The molecule has 0 amide bonds. The summed E-state index contributed by atoms with van der Waals surface area (Å²) >= 11 is 1.18. The van der Waals surface area contributed by atoms with Crippen LogP contribution in [-0.2, 0) is 16.2 Å². The molecule has 9 heteroatoms. The van der Waals surface area contributed by atoms with Gasteiger partial charge in [-0.2, -0.15) is 0 Å². The van der Waals surface area contributed by atoms with Crippen LogP contribution in [0, 0.1) is 0 Å². The summed E-state index contributed by atoms with van der Waals surface area (Å²) in [5, 5.41) is 13.1. The number of hydrogen-bond donors (Lipinski definition) is 1. The zero-order valence-electron chi connectivity index (χ0n) is 17.7. The Balaban J connectivity index is 1.65. The van der Waals surface area contributed by atoms with Crippen LogP contribution in [0.25, 0.3) is 10.2 Å². The Labute approximate surface area is 183 Å². The van der Waals surface area contributed by atoms with Crippen molar-refractivity contribution in [3.8, 4) is 11.5 Å². The third-order valence-corrected chi connectivity index (χ3v) is 5.55. The van der Waals surface area contributed by atoms with Gasteiger partial charge in [-0.3, -0.25) is 9.36 Å². The van der Waals surface area contributed by atoms with Crippen molar-refractivity contribution in [2.24, 2.45) is 5.16 Å². The van der Waals surface area contributed by atoms with Crippen LogP contribution in [-0.4, -0.2) is 40.7 Å². The van der Waals surface area contributed by atoms with Gasteiger partial charge in [0.2, 0.25) is 0 Å². The van der Waals surface area contributed by atoms with Crippen molar-refractivity contribution in [3.63, 3.8) is 0 Å². The number of carboxylic acid groups (broad SMARTS) is 1. The number of carbonyl (C=O) groups is 1. The van der Waals surface area contributed by atoms with Gasteiger partial charge in [0.05, 0.1) is 22.5 Å². The Hall–Kier alpha value is -3.33. The topological polar surface area (TPSA) is 99.4 Å². The van der Waals surface area contributed by atoms with E-state index in [0.717, 1.165) is 21.5 Å². The molecule has 0 aliphatic rings. The van der Waals surface area contributed by atoms with Gasteiger partial charge >= 0.3 is 10.8 Å². The molecule has 2 aromatic carbocycles. The molecule has 164 valence electrons. The third-order valence-electron chi connectivity index (χ3n) is 4.61. The maximum Gasteiger partial charge on any atom is 0.347 e. The van der Waals surface area contributed by atoms with E-state index in [1.807, 2.05) is 25.1 Å². The second-order valence-electron chi connectivity index (χ2n) is 7.30. The first-order valence-corrected chi connectivity index (χ1v) is 10.4. The molecule has 0 radical (unpaired) electrons. The summed E-state index contributed by atoms with van der Waals surface area (Å²) in [6.07, 6.45) is 0. The summed E-state index contributed by atoms with van der Waals surface area (Å²) < 4.78 is 13.8. The van der Waals surface area contributed by atoms with Crippen molar-refractivity contribution in [2.75, 3.05) is 13.7 Å². The van der Waals surface area contributed by atoms with Crippen LogP contribution in [0.1, 0.15) is 26.3 Å². The molecule has 31 heavy (non-hydrogen) atoms. The Morgan fingerprint density at radius 2 is 1.84 bits per heavy atom. The Kier molecular flexibility index (Phi) is 6.65. The molecular weight excluding hydrogens is 420 g/mol. The summed E-state index contributed by atoms with van der Waals surface area (Å²) in [6, 6.07) is 12.4. The molecule has 8 nitrogen and oxygen atoms in total. The molecule has 3 aromatic rings. The number of ether oxygens (including phenoxy) is 2. The van der Waals surface area contributed by atoms with Crippen LogP contribution in [0.4, 0.5) is 0 Å². The summed E-state index contributed by atoms with van der Waals surface area (Å²) in [5.74, 6) is -0.0146. The lowest BCUT2D eigenvalue weighted by atomic mass is 10.1. The highest BCUT2D eigenvalue weighted by molar-refractivity contribution is 7.16. The maximum absolute atomic E-state index is 12.4. The standard InChI is InChI=1S/C22H24N2O6S/c1-14(23-28-4)15-5-10-18-19(13-15)31-21(27)24(18)11-12-29-16-6-8-17(9-7-16)30-22(2,3)20(25)26/h5-10,13H,11-12H2,1-4H3,(H,25,26)/b23-14+. The van der Waals surface area contributed by atoms with Gasteiger partial charge in [-0.15, -0.1) is 0 Å². The molecule has 0 aliphatic heterocycles. The maximum atomic E-state index is 12.4. The Bertz CT molecular complexity index is 1160. The van der Waals surface area contributed by atoms with Crippen molar-refractivity contribution in [3.05, 3.63) is 57.7 Å². The number of aliphatic carboxylic acids is 1. The molecule has 0 fully saturated rings. The zero-order valence-corrected chi connectivity index (χ0v) is 18.6. The van der Waals surface area contributed by atoms with Crippen LogP contribution in [0.15, 0.2) is 52.4 Å². The molecule has 0 saturated heterocycles. The summed E-state index contributed by atoms with van der Waals surface area (Å²) in [4.78, 5) is 28.3. The van der Waals surface area contributed by atoms with E-state index in [1.54, 1.807) is 28.8 Å². The van der Waals surface area contributed by atoms with Crippen LogP contribution in [0.5, 0.6) is 11.5 Å². The average Bonchev–Trinajstić information content (AvgIpc) is 3.03. The van der Waals surface area contributed by atoms with Gasteiger partial charge in [-0.05, 0) is 57.2 Å². The van der Waals surface area contributed by atoms with E-state index >= 15 is 0 Å². The first-order chi connectivity index (χ1) is 14.7.